The van der Waals surface area contributed by atoms with Gasteiger partial charge in [0.1, 0.15) is 5.69 Å². The number of carbonyl (C=O) groups excluding carboxylic acids is 1. The summed E-state index contributed by atoms with van der Waals surface area (Å²) >= 11 is 0. The third-order valence-corrected chi connectivity index (χ3v) is 3.36. The first-order valence-electron chi connectivity index (χ1n) is 6.35. The van der Waals surface area contributed by atoms with Crippen molar-refractivity contribution in [3.05, 3.63) is 36.7 Å². The zero-order valence-corrected chi connectivity index (χ0v) is 10.5. The fourth-order valence-corrected chi connectivity index (χ4v) is 2.43. The van der Waals surface area contributed by atoms with Gasteiger partial charge in [0.05, 0.1) is 11.9 Å². The smallest absolute Gasteiger partial charge is 0.272 e. The predicted molar refractivity (Wildman–Crippen MR) is 72.1 cm³/mol. The van der Waals surface area contributed by atoms with Gasteiger partial charge in [0.25, 0.3) is 5.91 Å². The number of hydrogen-bond donors (Lipinski definition) is 1. The van der Waals surface area contributed by atoms with Gasteiger partial charge in [0.2, 0.25) is 0 Å². The van der Waals surface area contributed by atoms with Gasteiger partial charge in [-0.3, -0.25) is 4.79 Å². The molecule has 0 radical (unpaired) electrons. The SMILES string of the molecule is C=CCN(C(=O)c1ccc(N)cn1)C1CCCC1. The zero-order valence-electron chi connectivity index (χ0n) is 10.5. The molecular formula is C14H19N3O. The lowest BCUT2D eigenvalue weighted by atomic mass is 10.2. The molecule has 96 valence electrons. The minimum Gasteiger partial charge on any atom is -0.397 e. The first kappa shape index (κ1) is 12.6. The molecule has 0 saturated heterocycles. The van der Waals surface area contributed by atoms with Crippen LogP contribution in [0.2, 0.25) is 0 Å². The summed E-state index contributed by atoms with van der Waals surface area (Å²) in [5, 5.41) is 0. The van der Waals surface area contributed by atoms with E-state index in [1.165, 1.54) is 19.0 Å². The molecule has 4 nitrogen and oxygen atoms in total. The van der Waals surface area contributed by atoms with Crippen LogP contribution in [-0.4, -0.2) is 28.4 Å². The van der Waals surface area contributed by atoms with Gasteiger partial charge in [-0.15, -0.1) is 6.58 Å². The number of anilines is 1. The highest BCUT2D eigenvalue weighted by Gasteiger charge is 2.26. The van der Waals surface area contributed by atoms with E-state index in [-0.39, 0.29) is 5.91 Å². The third-order valence-electron chi connectivity index (χ3n) is 3.36. The van der Waals surface area contributed by atoms with Crippen LogP contribution < -0.4 is 5.73 Å². The highest BCUT2D eigenvalue weighted by Crippen LogP contribution is 2.24. The summed E-state index contributed by atoms with van der Waals surface area (Å²) in [4.78, 5) is 18.4. The Morgan fingerprint density at radius 2 is 2.22 bits per heavy atom. The van der Waals surface area contributed by atoms with E-state index in [1.54, 1.807) is 18.2 Å². The van der Waals surface area contributed by atoms with Crippen LogP contribution >= 0.6 is 0 Å². The highest BCUT2D eigenvalue weighted by atomic mass is 16.2. The number of hydrogen-bond acceptors (Lipinski definition) is 3. The molecule has 1 aromatic heterocycles. The molecule has 1 aromatic rings. The third kappa shape index (κ3) is 2.70. The summed E-state index contributed by atoms with van der Waals surface area (Å²) < 4.78 is 0. The largest absolute Gasteiger partial charge is 0.397 e. The molecule has 0 atom stereocenters. The van der Waals surface area contributed by atoms with Gasteiger partial charge >= 0.3 is 0 Å². The van der Waals surface area contributed by atoms with Crippen molar-refractivity contribution in [2.45, 2.75) is 31.7 Å². The average Bonchev–Trinajstić information content (AvgIpc) is 2.90. The number of nitrogens with zero attached hydrogens (tertiary/aromatic N) is 2. The number of pyridine rings is 1. The van der Waals surface area contributed by atoms with Crippen molar-refractivity contribution in [1.29, 1.82) is 0 Å². The summed E-state index contributed by atoms with van der Waals surface area (Å²) in [7, 11) is 0. The van der Waals surface area contributed by atoms with Gasteiger partial charge in [-0.2, -0.15) is 0 Å². The van der Waals surface area contributed by atoms with Crippen molar-refractivity contribution in [2.75, 3.05) is 12.3 Å². The second kappa shape index (κ2) is 5.67. The second-order valence-corrected chi connectivity index (χ2v) is 4.66. The van der Waals surface area contributed by atoms with E-state index in [2.05, 4.69) is 11.6 Å². The highest BCUT2D eigenvalue weighted by molar-refractivity contribution is 5.92. The molecule has 0 aliphatic heterocycles. The molecule has 4 heteroatoms. The van der Waals surface area contributed by atoms with Crippen LogP contribution in [0.3, 0.4) is 0 Å². The van der Waals surface area contributed by atoms with Crippen molar-refractivity contribution < 1.29 is 4.79 Å². The van der Waals surface area contributed by atoms with E-state index < -0.39 is 0 Å². The van der Waals surface area contributed by atoms with Gasteiger partial charge in [-0.05, 0) is 25.0 Å². The lowest BCUT2D eigenvalue weighted by molar-refractivity contribution is 0.0700. The minimum absolute atomic E-state index is 0.0261. The molecule has 18 heavy (non-hydrogen) atoms. The Balaban J connectivity index is 2.16. The van der Waals surface area contributed by atoms with Crippen LogP contribution in [0, 0.1) is 0 Å². The average molecular weight is 245 g/mol. The van der Waals surface area contributed by atoms with Crippen LogP contribution in [-0.2, 0) is 0 Å². The molecule has 0 bridgehead atoms. The van der Waals surface area contributed by atoms with Crippen LogP contribution in [0.15, 0.2) is 31.0 Å². The van der Waals surface area contributed by atoms with E-state index in [4.69, 9.17) is 5.73 Å². The van der Waals surface area contributed by atoms with Gasteiger partial charge < -0.3 is 10.6 Å². The summed E-state index contributed by atoms with van der Waals surface area (Å²) in [6, 6.07) is 3.72. The Bertz CT molecular complexity index is 421. The molecule has 1 fully saturated rings. The Hall–Kier alpha value is -1.84. The number of nitrogens with two attached hydrogens (primary N) is 1. The van der Waals surface area contributed by atoms with Crippen molar-refractivity contribution in [2.24, 2.45) is 0 Å². The molecule has 1 heterocycles. The van der Waals surface area contributed by atoms with Gasteiger partial charge in [0.15, 0.2) is 0 Å². The lowest BCUT2D eigenvalue weighted by Gasteiger charge is -2.27. The van der Waals surface area contributed by atoms with E-state index in [0.717, 1.165) is 12.8 Å². The van der Waals surface area contributed by atoms with Crippen molar-refractivity contribution in [1.82, 2.24) is 9.88 Å². The van der Waals surface area contributed by atoms with Gasteiger partial charge in [-0.25, -0.2) is 4.98 Å². The van der Waals surface area contributed by atoms with Crippen molar-refractivity contribution in [3.63, 3.8) is 0 Å². The maximum absolute atomic E-state index is 12.4. The summed E-state index contributed by atoms with van der Waals surface area (Å²) in [5.74, 6) is -0.0261. The number of nitrogen functional groups attached to an aromatic ring is 1. The van der Waals surface area contributed by atoms with Crippen LogP contribution in [0.4, 0.5) is 5.69 Å². The zero-order chi connectivity index (χ0) is 13.0. The van der Waals surface area contributed by atoms with Crippen molar-refractivity contribution in [3.8, 4) is 0 Å². The topological polar surface area (TPSA) is 59.2 Å². The monoisotopic (exact) mass is 245 g/mol. The van der Waals surface area contributed by atoms with Crippen molar-refractivity contribution >= 4 is 11.6 Å². The number of rotatable bonds is 4. The molecule has 1 aliphatic carbocycles. The molecule has 0 spiro atoms. The van der Waals surface area contributed by atoms with E-state index in [1.807, 2.05) is 4.90 Å². The molecule has 1 aliphatic rings. The van der Waals surface area contributed by atoms with E-state index >= 15 is 0 Å². The molecule has 1 amide bonds. The Morgan fingerprint density at radius 3 is 2.78 bits per heavy atom. The van der Waals surface area contributed by atoms with Crippen LogP contribution in [0.5, 0.6) is 0 Å². The first-order valence-corrected chi connectivity index (χ1v) is 6.35. The van der Waals surface area contributed by atoms with E-state index in [9.17, 15) is 4.79 Å². The summed E-state index contributed by atoms with van der Waals surface area (Å²) in [6.07, 6.45) is 7.84. The molecular weight excluding hydrogens is 226 g/mol. The van der Waals surface area contributed by atoms with Gasteiger partial charge in [0, 0.05) is 12.6 Å². The van der Waals surface area contributed by atoms with E-state index in [0.29, 0.717) is 24.0 Å². The first-order chi connectivity index (χ1) is 8.72. The standard InChI is InChI=1S/C14H19N3O/c1-2-9-17(12-5-3-4-6-12)14(18)13-8-7-11(15)10-16-13/h2,7-8,10,12H,1,3-6,9,15H2. The fraction of sp³-hybridized carbons (Fsp3) is 0.429. The van der Waals surface area contributed by atoms with Crippen LogP contribution in [0.1, 0.15) is 36.2 Å². The maximum Gasteiger partial charge on any atom is 0.272 e. The van der Waals surface area contributed by atoms with Gasteiger partial charge in [-0.1, -0.05) is 18.9 Å². The lowest BCUT2D eigenvalue weighted by Crippen LogP contribution is -2.39. The minimum atomic E-state index is -0.0261. The molecule has 2 N–H and O–H groups in total. The quantitative estimate of drug-likeness (QED) is 0.827. The normalized spacial score (nSPS) is 15.6. The fourth-order valence-electron chi connectivity index (χ4n) is 2.43. The number of carbonyl (C=O) groups is 1. The molecule has 0 aromatic carbocycles. The Labute approximate surface area is 108 Å². The molecule has 2 rings (SSSR count). The molecule has 0 unspecified atom stereocenters. The maximum atomic E-state index is 12.4. The van der Waals surface area contributed by atoms with Crippen LogP contribution in [0.25, 0.3) is 0 Å². The number of aromatic nitrogens is 1. The Morgan fingerprint density at radius 1 is 1.50 bits per heavy atom. The Kier molecular flexibility index (Phi) is 3.97. The predicted octanol–water partition coefficient (Wildman–Crippen LogP) is 2.23. The summed E-state index contributed by atoms with van der Waals surface area (Å²) in [5.41, 5.74) is 6.61. The summed E-state index contributed by atoms with van der Waals surface area (Å²) in [6.45, 7) is 4.31. The number of amides is 1. The molecule has 1 saturated carbocycles. The second-order valence-electron chi connectivity index (χ2n) is 4.66.